The normalized spacial score (nSPS) is 11.9. The predicted octanol–water partition coefficient (Wildman–Crippen LogP) is 3.45. The minimum atomic E-state index is -0.521. The number of amides is 1. The van der Waals surface area contributed by atoms with E-state index in [1.54, 1.807) is 55.5 Å². The van der Waals surface area contributed by atoms with Gasteiger partial charge in [-0.1, -0.05) is 11.6 Å². The minimum absolute atomic E-state index is 0.235. The second-order valence-electron chi connectivity index (χ2n) is 7.26. The van der Waals surface area contributed by atoms with Crippen molar-refractivity contribution >= 4 is 28.4 Å². The Labute approximate surface area is 191 Å². The van der Waals surface area contributed by atoms with Gasteiger partial charge in [0.1, 0.15) is 17.3 Å². The fourth-order valence-electron chi connectivity index (χ4n) is 3.53. The number of carbonyl (C=O) groups excluding carboxylic acids is 1. The molecule has 0 saturated carbocycles. The number of halogens is 1. The van der Waals surface area contributed by atoms with Crippen LogP contribution in [0.2, 0.25) is 5.02 Å². The molecule has 0 bridgehead atoms. The highest BCUT2D eigenvalue weighted by molar-refractivity contribution is 6.31. The Morgan fingerprint density at radius 1 is 1.12 bits per heavy atom. The highest BCUT2D eigenvalue weighted by Crippen LogP contribution is 2.27. The van der Waals surface area contributed by atoms with Crippen molar-refractivity contribution in [2.45, 2.75) is 13.0 Å². The number of nitrogens with zero attached hydrogens (tertiary/aromatic N) is 3. The molecule has 1 heterocycles. The van der Waals surface area contributed by atoms with E-state index < -0.39 is 6.04 Å². The zero-order valence-corrected chi connectivity index (χ0v) is 19.5. The Balaban J connectivity index is 2.08. The van der Waals surface area contributed by atoms with Crippen molar-refractivity contribution in [1.82, 2.24) is 14.5 Å². The Kier molecular flexibility index (Phi) is 7.37. The fourth-order valence-corrected chi connectivity index (χ4v) is 3.70. The number of hydrogen-bond donors (Lipinski definition) is 0. The summed E-state index contributed by atoms with van der Waals surface area (Å²) in [5, 5.41) is 0.879. The summed E-state index contributed by atoms with van der Waals surface area (Å²) < 4.78 is 17.3. The monoisotopic (exact) mass is 459 g/mol. The van der Waals surface area contributed by atoms with Crippen molar-refractivity contribution in [3.63, 3.8) is 0 Å². The first kappa shape index (κ1) is 23.6. The summed E-state index contributed by atoms with van der Waals surface area (Å²) in [5.41, 5.74) is 0.671. The van der Waals surface area contributed by atoms with Gasteiger partial charge in [-0.15, -0.1) is 0 Å². The van der Waals surface area contributed by atoms with E-state index >= 15 is 0 Å². The standard InChI is InChI=1S/C23H26ClN3O5/c1-14(21-25-20-7-6-16(24)12-19(20)23(29)26(21)2)27(8-9-30-3)22(28)15-10-17(31-4)13-18(11-15)32-5/h6-7,10-14H,8-9H2,1-5H3. The zero-order chi connectivity index (χ0) is 23.4. The molecule has 170 valence electrons. The van der Waals surface area contributed by atoms with Crippen LogP contribution in [0.4, 0.5) is 0 Å². The van der Waals surface area contributed by atoms with E-state index in [0.29, 0.717) is 52.0 Å². The van der Waals surface area contributed by atoms with Crippen LogP contribution in [-0.4, -0.2) is 54.8 Å². The van der Waals surface area contributed by atoms with Crippen LogP contribution in [0.3, 0.4) is 0 Å². The molecule has 3 rings (SSSR count). The van der Waals surface area contributed by atoms with Gasteiger partial charge in [-0.3, -0.25) is 14.2 Å². The van der Waals surface area contributed by atoms with Crippen molar-refractivity contribution in [1.29, 1.82) is 0 Å². The van der Waals surface area contributed by atoms with Gasteiger partial charge in [0.25, 0.3) is 11.5 Å². The number of carbonyl (C=O) groups is 1. The molecule has 2 aromatic carbocycles. The molecular weight excluding hydrogens is 434 g/mol. The Morgan fingerprint density at radius 3 is 2.38 bits per heavy atom. The number of fused-ring (bicyclic) bond motifs is 1. The Hall–Kier alpha value is -3.10. The number of methoxy groups -OCH3 is 3. The SMILES string of the molecule is COCCN(C(=O)c1cc(OC)cc(OC)c1)C(C)c1nc2ccc(Cl)cc2c(=O)n1C. The molecule has 0 saturated heterocycles. The van der Waals surface area contributed by atoms with Gasteiger partial charge < -0.3 is 19.1 Å². The molecule has 0 N–H and O–H groups in total. The molecule has 9 heteroatoms. The van der Waals surface area contributed by atoms with Crippen LogP contribution in [0.5, 0.6) is 11.5 Å². The number of aromatic nitrogens is 2. The van der Waals surface area contributed by atoms with Crippen molar-refractivity contribution in [2.24, 2.45) is 7.05 Å². The van der Waals surface area contributed by atoms with E-state index in [2.05, 4.69) is 4.98 Å². The molecule has 8 nitrogen and oxygen atoms in total. The molecule has 0 aliphatic rings. The number of ether oxygens (including phenoxy) is 3. The highest BCUT2D eigenvalue weighted by atomic mass is 35.5. The lowest BCUT2D eigenvalue weighted by molar-refractivity contribution is 0.0603. The highest BCUT2D eigenvalue weighted by Gasteiger charge is 2.27. The second kappa shape index (κ2) is 10.0. The van der Waals surface area contributed by atoms with E-state index in [-0.39, 0.29) is 11.5 Å². The topological polar surface area (TPSA) is 82.9 Å². The van der Waals surface area contributed by atoms with Gasteiger partial charge in [-0.2, -0.15) is 0 Å². The summed E-state index contributed by atoms with van der Waals surface area (Å²) in [7, 11) is 6.25. The first-order valence-corrected chi connectivity index (χ1v) is 10.4. The quantitative estimate of drug-likeness (QED) is 0.513. The lowest BCUT2D eigenvalue weighted by atomic mass is 10.1. The van der Waals surface area contributed by atoms with Crippen molar-refractivity contribution in [3.05, 3.63) is 63.2 Å². The lowest BCUT2D eigenvalue weighted by Gasteiger charge is -2.30. The smallest absolute Gasteiger partial charge is 0.261 e. The molecule has 1 atom stereocenters. The number of benzene rings is 2. The van der Waals surface area contributed by atoms with Gasteiger partial charge in [0.2, 0.25) is 0 Å². The van der Waals surface area contributed by atoms with E-state index in [4.69, 9.17) is 25.8 Å². The third kappa shape index (κ3) is 4.71. The first-order chi connectivity index (χ1) is 15.3. The molecule has 0 fully saturated rings. The molecule has 0 aliphatic heterocycles. The van der Waals surface area contributed by atoms with Crippen LogP contribution in [0.1, 0.15) is 29.1 Å². The first-order valence-electron chi connectivity index (χ1n) is 9.99. The zero-order valence-electron chi connectivity index (χ0n) is 18.7. The van der Waals surface area contributed by atoms with Gasteiger partial charge in [0, 0.05) is 37.4 Å². The van der Waals surface area contributed by atoms with Gasteiger partial charge >= 0.3 is 0 Å². The summed E-state index contributed by atoms with van der Waals surface area (Å²) in [6.45, 7) is 2.44. The van der Waals surface area contributed by atoms with E-state index in [0.717, 1.165) is 0 Å². The molecule has 1 unspecified atom stereocenters. The maximum atomic E-state index is 13.5. The Morgan fingerprint density at radius 2 is 1.78 bits per heavy atom. The van der Waals surface area contributed by atoms with Crippen molar-refractivity contribution in [2.75, 3.05) is 34.5 Å². The van der Waals surface area contributed by atoms with Crippen molar-refractivity contribution in [3.8, 4) is 11.5 Å². The number of hydrogen-bond acceptors (Lipinski definition) is 6. The summed E-state index contributed by atoms with van der Waals surface area (Å²) in [6, 6.07) is 9.44. The maximum Gasteiger partial charge on any atom is 0.261 e. The molecule has 0 aliphatic carbocycles. The third-order valence-electron chi connectivity index (χ3n) is 5.31. The molecule has 1 amide bonds. The van der Waals surface area contributed by atoms with Gasteiger partial charge in [0.15, 0.2) is 0 Å². The number of rotatable bonds is 8. The van der Waals surface area contributed by atoms with Crippen LogP contribution < -0.4 is 15.0 Å². The summed E-state index contributed by atoms with van der Waals surface area (Å²) in [6.07, 6.45) is 0. The molecule has 1 aromatic heterocycles. The Bertz CT molecular complexity index is 1170. The molecule has 32 heavy (non-hydrogen) atoms. The third-order valence-corrected chi connectivity index (χ3v) is 5.54. The van der Waals surface area contributed by atoms with E-state index in [1.807, 2.05) is 6.92 Å². The van der Waals surface area contributed by atoms with Gasteiger partial charge in [-0.25, -0.2) is 4.98 Å². The van der Waals surface area contributed by atoms with Crippen LogP contribution in [-0.2, 0) is 11.8 Å². The second-order valence-corrected chi connectivity index (χ2v) is 7.70. The van der Waals surface area contributed by atoms with Crippen LogP contribution in [0.15, 0.2) is 41.2 Å². The molecule has 0 spiro atoms. The van der Waals surface area contributed by atoms with Gasteiger partial charge in [-0.05, 0) is 37.3 Å². The summed E-state index contributed by atoms with van der Waals surface area (Å²) in [4.78, 5) is 32.8. The maximum absolute atomic E-state index is 13.5. The fraction of sp³-hybridized carbons (Fsp3) is 0.348. The van der Waals surface area contributed by atoms with Crippen LogP contribution in [0.25, 0.3) is 10.9 Å². The largest absolute Gasteiger partial charge is 0.497 e. The average molecular weight is 460 g/mol. The molecular formula is C23H26ClN3O5. The predicted molar refractivity (Wildman–Crippen MR) is 123 cm³/mol. The summed E-state index contributed by atoms with van der Waals surface area (Å²) >= 11 is 6.05. The summed E-state index contributed by atoms with van der Waals surface area (Å²) in [5.74, 6) is 1.18. The van der Waals surface area contributed by atoms with Gasteiger partial charge in [0.05, 0.1) is 37.8 Å². The van der Waals surface area contributed by atoms with E-state index in [9.17, 15) is 9.59 Å². The molecule has 3 aromatic rings. The lowest BCUT2D eigenvalue weighted by Crippen LogP contribution is -2.39. The molecule has 0 radical (unpaired) electrons. The minimum Gasteiger partial charge on any atom is -0.497 e. The van der Waals surface area contributed by atoms with Crippen molar-refractivity contribution < 1.29 is 19.0 Å². The average Bonchev–Trinajstić information content (AvgIpc) is 2.81. The van der Waals surface area contributed by atoms with E-state index in [1.165, 1.54) is 18.8 Å². The van der Waals surface area contributed by atoms with Crippen LogP contribution in [0, 0.1) is 0 Å². The van der Waals surface area contributed by atoms with Crippen LogP contribution >= 0.6 is 11.6 Å².